The highest BCUT2D eigenvalue weighted by atomic mass is 32.3. The lowest BCUT2D eigenvalue weighted by molar-refractivity contribution is -0.273. The first-order valence-electron chi connectivity index (χ1n) is 7.05. The Morgan fingerprint density at radius 3 is 0.962 bits per heavy atom. The van der Waals surface area contributed by atoms with Crippen molar-refractivity contribution in [2.45, 2.75) is 19.0 Å². The van der Waals surface area contributed by atoms with Crippen molar-refractivity contribution >= 4 is 94.1 Å². The van der Waals surface area contributed by atoms with Gasteiger partial charge in [0.05, 0.1) is 25.4 Å². The van der Waals surface area contributed by atoms with Crippen LogP contribution in [0.15, 0.2) is 25.4 Å². The number of thioether (sulfide) groups is 8. The zero-order chi connectivity index (χ0) is 18.9. The van der Waals surface area contributed by atoms with Crippen LogP contribution in [0.4, 0.5) is 22.0 Å². The van der Waals surface area contributed by atoms with Gasteiger partial charge in [-0.15, -0.1) is 47.0 Å². The smallest absolute Gasteiger partial charge is 0.197 e. The Balaban J connectivity index is 0.000000211. The molecule has 0 aliphatic carbocycles. The van der Waals surface area contributed by atoms with E-state index in [0.717, 1.165) is 0 Å². The van der Waals surface area contributed by atoms with E-state index >= 15 is 0 Å². The van der Waals surface area contributed by atoms with Crippen molar-refractivity contribution in [1.29, 1.82) is 0 Å². The van der Waals surface area contributed by atoms with Crippen LogP contribution in [0.1, 0.15) is 6.92 Å². The first-order valence-corrected chi connectivity index (χ1v) is 14.3. The molecular weight excluding hydrogens is 508 g/mol. The third kappa shape index (κ3) is 5.63. The summed E-state index contributed by atoms with van der Waals surface area (Å²) in [6, 6.07) is 0. The molecule has 0 saturated heterocycles. The van der Waals surface area contributed by atoms with Gasteiger partial charge < -0.3 is 0 Å². The molecule has 0 aromatic heterocycles. The summed E-state index contributed by atoms with van der Waals surface area (Å²) < 4.78 is 64.0. The summed E-state index contributed by atoms with van der Waals surface area (Å²) in [6.07, 6.45) is -5.40. The fraction of sp³-hybridized carbons (Fsp3) is 0.538. The maximum atomic E-state index is 11.1. The van der Waals surface area contributed by atoms with Gasteiger partial charge in [0.15, 0.2) is 0 Å². The highest BCUT2D eigenvalue weighted by Gasteiger charge is 2.53. The van der Waals surface area contributed by atoms with Crippen LogP contribution >= 0.6 is 94.1 Å². The van der Waals surface area contributed by atoms with Crippen LogP contribution < -0.4 is 0 Å². The third-order valence-electron chi connectivity index (χ3n) is 2.84. The van der Waals surface area contributed by atoms with E-state index in [1.165, 1.54) is 31.5 Å². The summed E-state index contributed by atoms with van der Waals surface area (Å²) in [5, 5.41) is 0. The van der Waals surface area contributed by atoms with Gasteiger partial charge in [-0.2, -0.15) is 22.0 Å². The van der Waals surface area contributed by atoms with E-state index in [1.807, 2.05) is 94.1 Å². The van der Waals surface area contributed by atoms with E-state index in [4.69, 9.17) is 0 Å². The van der Waals surface area contributed by atoms with Crippen molar-refractivity contribution in [3.8, 4) is 0 Å². The molecule has 0 bridgehead atoms. The van der Waals surface area contributed by atoms with E-state index in [1.54, 1.807) is 16.9 Å². The number of hydrogen-bond donors (Lipinski definition) is 0. The Bertz CT molecular complexity index is 564. The molecule has 4 aliphatic heterocycles. The molecule has 4 rings (SSSR count). The van der Waals surface area contributed by atoms with Crippen LogP contribution in [0, 0.1) is 0 Å². The minimum atomic E-state index is -5.40. The second kappa shape index (κ2) is 9.22. The molecule has 0 N–H and O–H groups in total. The average Bonchev–Trinajstić information content (AvgIpc) is 3.17. The van der Waals surface area contributed by atoms with Crippen molar-refractivity contribution in [3.63, 3.8) is 0 Å². The fourth-order valence-corrected chi connectivity index (χ4v) is 13.8. The van der Waals surface area contributed by atoms with E-state index in [9.17, 15) is 22.0 Å². The molecule has 26 heavy (non-hydrogen) atoms. The second-order valence-corrected chi connectivity index (χ2v) is 15.0. The fourth-order valence-electron chi connectivity index (χ4n) is 1.60. The SMILES string of the molecule is C1CSC2=C(S1)SC(=C1SC3=C(SCCS3)S1)S2.CC(F)(F)C(F)(F)F. The topological polar surface area (TPSA) is 0 Å². The molecule has 0 fully saturated rings. The van der Waals surface area contributed by atoms with Crippen LogP contribution in [-0.4, -0.2) is 35.1 Å². The Morgan fingerprint density at radius 2 is 0.769 bits per heavy atom. The van der Waals surface area contributed by atoms with Gasteiger partial charge in [-0.05, 0) is 0 Å². The van der Waals surface area contributed by atoms with Gasteiger partial charge in [-0.3, -0.25) is 0 Å². The Hall–Kier alpha value is 1.67. The van der Waals surface area contributed by atoms with Gasteiger partial charge in [-0.1, -0.05) is 47.0 Å². The van der Waals surface area contributed by atoms with Crippen molar-refractivity contribution in [1.82, 2.24) is 0 Å². The molecule has 0 saturated carbocycles. The first-order chi connectivity index (χ1) is 12.1. The molecule has 4 heterocycles. The Morgan fingerprint density at radius 1 is 0.538 bits per heavy atom. The molecule has 13 heteroatoms. The molecule has 0 amide bonds. The molecule has 0 unspecified atom stereocenters. The van der Waals surface area contributed by atoms with Crippen LogP contribution in [0.25, 0.3) is 0 Å². The van der Waals surface area contributed by atoms with Gasteiger partial charge in [0.1, 0.15) is 0 Å². The maximum absolute atomic E-state index is 11.1. The predicted octanol–water partition coefficient (Wildman–Crippen LogP) is 8.49. The molecule has 0 aromatic rings. The molecule has 0 atom stereocenters. The average molecular weight is 519 g/mol. The van der Waals surface area contributed by atoms with E-state index in [0.29, 0.717) is 0 Å². The molecule has 0 radical (unpaired) electrons. The number of alkyl halides is 5. The minimum absolute atomic E-state index is 0.188. The van der Waals surface area contributed by atoms with E-state index < -0.39 is 12.1 Å². The highest BCUT2D eigenvalue weighted by molar-refractivity contribution is 8.45. The zero-order valence-electron chi connectivity index (χ0n) is 13.0. The summed E-state index contributed by atoms with van der Waals surface area (Å²) in [7, 11) is 0. The number of halogens is 5. The normalized spacial score (nSPS) is 23.8. The van der Waals surface area contributed by atoms with Gasteiger partial charge in [-0.25, -0.2) is 0 Å². The van der Waals surface area contributed by atoms with Crippen molar-refractivity contribution in [2.75, 3.05) is 23.0 Å². The van der Waals surface area contributed by atoms with Gasteiger partial charge >= 0.3 is 12.1 Å². The standard InChI is InChI=1S/C10H8S8.C3H3F5/c1-2-12-6-5(11-1)15-9(16-6)10-17-7-8(18-10)14-4-3-13-7;1-2(4,5)3(6,7)8/h1-4H2;1H3. The van der Waals surface area contributed by atoms with Crippen LogP contribution in [-0.2, 0) is 0 Å². The molecule has 0 spiro atoms. The minimum Gasteiger partial charge on any atom is -0.197 e. The number of hydrogen-bond acceptors (Lipinski definition) is 8. The van der Waals surface area contributed by atoms with Gasteiger partial charge in [0.2, 0.25) is 0 Å². The summed E-state index contributed by atoms with van der Waals surface area (Å²) in [4.78, 5) is 0. The quantitative estimate of drug-likeness (QED) is 0.289. The predicted molar refractivity (Wildman–Crippen MR) is 118 cm³/mol. The lowest BCUT2D eigenvalue weighted by Gasteiger charge is -2.12. The monoisotopic (exact) mass is 518 g/mol. The summed E-state index contributed by atoms with van der Waals surface area (Å²) in [5.74, 6) is 0.550. The van der Waals surface area contributed by atoms with Crippen molar-refractivity contribution in [3.05, 3.63) is 25.4 Å². The van der Waals surface area contributed by atoms with Crippen molar-refractivity contribution in [2.24, 2.45) is 0 Å². The van der Waals surface area contributed by atoms with Crippen LogP contribution in [0.3, 0.4) is 0 Å². The lowest BCUT2D eigenvalue weighted by Crippen LogP contribution is -2.32. The van der Waals surface area contributed by atoms with E-state index in [-0.39, 0.29) is 6.92 Å². The van der Waals surface area contributed by atoms with Crippen LogP contribution in [0.2, 0.25) is 0 Å². The summed E-state index contributed by atoms with van der Waals surface area (Å²) >= 11 is 16.2. The number of rotatable bonds is 0. The summed E-state index contributed by atoms with van der Waals surface area (Å²) in [6.45, 7) is -0.188. The maximum Gasteiger partial charge on any atom is 0.452 e. The molecule has 146 valence electrons. The molecule has 0 nitrogen and oxygen atoms in total. The van der Waals surface area contributed by atoms with Crippen molar-refractivity contribution < 1.29 is 22.0 Å². The second-order valence-electron chi connectivity index (χ2n) is 4.91. The van der Waals surface area contributed by atoms with Gasteiger partial charge in [0.25, 0.3) is 0 Å². The lowest BCUT2D eigenvalue weighted by atomic mass is 10.4. The molecular formula is C13H11F5S8. The first kappa shape index (κ1) is 22.4. The molecule has 0 aromatic carbocycles. The van der Waals surface area contributed by atoms with E-state index in [2.05, 4.69) is 0 Å². The highest BCUT2D eigenvalue weighted by Crippen LogP contribution is 2.67. The molecule has 4 aliphatic rings. The Labute approximate surface area is 182 Å². The largest absolute Gasteiger partial charge is 0.452 e. The Kier molecular flexibility index (Phi) is 7.92. The van der Waals surface area contributed by atoms with Gasteiger partial charge in [0, 0.05) is 29.9 Å². The third-order valence-corrected chi connectivity index (χ3v) is 14.9. The van der Waals surface area contributed by atoms with Crippen LogP contribution in [0.5, 0.6) is 0 Å². The summed E-state index contributed by atoms with van der Waals surface area (Å²) in [5.41, 5.74) is 0. The zero-order valence-corrected chi connectivity index (χ0v) is 19.5.